The fraction of sp³-hybridized carbons (Fsp3) is 0.143. The van der Waals surface area contributed by atoms with Gasteiger partial charge < -0.3 is 14.9 Å². The minimum atomic E-state index is -1.56. The van der Waals surface area contributed by atoms with Gasteiger partial charge in [-0.25, -0.2) is 0 Å². The molecule has 3 heteroatoms. The maximum atomic E-state index is 11.5. The lowest BCUT2D eigenvalue weighted by atomic mass is 9.79. The highest BCUT2D eigenvalue weighted by Crippen LogP contribution is 2.41. The Morgan fingerprint density at radius 1 is 0.792 bits per heavy atom. The summed E-state index contributed by atoms with van der Waals surface area (Å²) in [6.07, 6.45) is -1.14. The zero-order valence-corrected chi connectivity index (χ0v) is 13.5. The van der Waals surface area contributed by atoms with Gasteiger partial charge in [-0.05, 0) is 28.8 Å². The fourth-order valence-corrected chi connectivity index (χ4v) is 2.92. The molecule has 1 atom stereocenters. The first-order chi connectivity index (χ1) is 11.7. The summed E-state index contributed by atoms with van der Waals surface area (Å²) in [5.74, 6) is 0.634. The monoisotopic (exact) mass is 320 g/mol. The second-order valence-electron chi connectivity index (χ2n) is 5.68. The molecule has 122 valence electrons. The third kappa shape index (κ3) is 2.92. The van der Waals surface area contributed by atoms with Crippen LogP contribution in [0.4, 0.5) is 0 Å². The summed E-state index contributed by atoms with van der Waals surface area (Å²) in [5.41, 5.74) is 0.289. The molecule has 3 nitrogen and oxygen atoms in total. The lowest BCUT2D eigenvalue weighted by molar-refractivity contribution is -0.0518. The Bertz CT molecular complexity index is 745. The van der Waals surface area contributed by atoms with E-state index in [4.69, 9.17) is 4.74 Å². The fourth-order valence-electron chi connectivity index (χ4n) is 2.92. The molecule has 3 aromatic carbocycles. The number of methoxy groups -OCH3 is 1. The molecule has 0 bridgehead atoms. The van der Waals surface area contributed by atoms with Crippen molar-refractivity contribution in [2.75, 3.05) is 7.11 Å². The zero-order chi connectivity index (χ0) is 17.0. The van der Waals surface area contributed by atoms with Gasteiger partial charge in [0.05, 0.1) is 7.11 Å². The SMILES string of the molecule is COc1cccc([C@H](O)C(O)(c2ccccc2)c2ccccc2)c1. The summed E-state index contributed by atoms with van der Waals surface area (Å²) >= 11 is 0. The molecule has 0 aliphatic rings. The normalized spacial score (nSPS) is 12.6. The van der Waals surface area contributed by atoms with Crippen LogP contribution in [0.5, 0.6) is 5.75 Å². The van der Waals surface area contributed by atoms with Gasteiger partial charge in [0.25, 0.3) is 0 Å². The van der Waals surface area contributed by atoms with Crippen LogP contribution in [0.2, 0.25) is 0 Å². The van der Waals surface area contributed by atoms with Gasteiger partial charge in [0, 0.05) is 0 Å². The third-order valence-corrected chi connectivity index (χ3v) is 4.23. The third-order valence-electron chi connectivity index (χ3n) is 4.23. The Morgan fingerprint density at radius 2 is 1.33 bits per heavy atom. The number of aliphatic hydroxyl groups excluding tert-OH is 1. The Hall–Kier alpha value is -2.62. The van der Waals surface area contributed by atoms with E-state index in [1.54, 1.807) is 31.4 Å². The largest absolute Gasteiger partial charge is 0.497 e. The van der Waals surface area contributed by atoms with Gasteiger partial charge in [-0.15, -0.1) is 0 Å². The van der Waals surface area contributed by atoms with E-state index in [0.29, 0.717) is 22.4 Å². The topological polar surface area (TPSA) is 49.7 Å². The van der Waals surface area contributed by atoms with Gasteiger partial charge in [-0.2, -0.15) is 0 Å². The van der Waals surface area contributed by atoms with Crippen LogP contribution < -0.4 is 4.74 Å². The number of hydrogen-bond acceptors (Lipinski definition) is 3. The highest BCUT2D eigenvalue weighted by Gasteiger charge is 2.40. The molecule has 0 fully saturated rings. The van der Waals surface area contributed by atoms with Gasteiger partial charge in [-0.1, -0.05) is 72.8 Å². The minimum Gasteiger partial charge on any atom is -0.497 e. The molecule has 0 spiro atoms. The van der Waals surface area contributed by atoms with Gasteiger partial charge in [0.2, 0.25) is 0 Å². The van der Waals surface area contributed by atoms with Crippen molar-refractivity contribution in [1.82, 2.24) is 0 Å². The van der Waals surface area contributed by atoms with E-state index in [9.17, 15) is 10.2 Å². The lowest BCUT2D eigenvalue weighted by Gasteiger charge is -2.34. The average Bonchev–Trinajstić information content (AvgIpc) is 2.68. The van der Waals surface area contributed by atoms with Crippen LogP contribution in [0.1, 0.15) is 22.8 Å². The van der Waals surface area contributed by atoms with Crippen LogP contribution in [-0.4, -0.2) is 17.3 Å². The molecule has 0 saturated carbocycles. The molecule has 0 aliphatic carbocycles. The molecule has 0 aliphatic heterocycles. The van der Waals surface area contributed by atoms with Crippen molar-refractivity contribution in [3.63, 3.8) is 0 Å². The van der Waals surface area contributed by atoms with Gasteiger partial charge in [0.1, 0.15) is 17.5 Å². The van der Waals surface area contributed by atoms with E-state index in [1.807, 2.05) is 60.7 Å². The van der Waals surface area contributed by atoms with Crippen molar-refractivity contribution in [3.05, 3.63) is 102 Å². The predicted molar refractivity (Wildman–Crippen MR) is 93.8 cm³/mol. The molecule has 0 unspecified atom stereocenters. The molecule has 0 aromatic heterocycles. The van der Waals surface area contributed by atoms with Crippen molar-refractivity contribution in [3.8, 4) is 5.75 Å². The molecule has 0 saturated heterocycles. The Labute approximate surface area is 141 Å². The van der Waals surface area contributed by atoms with Crippen molar-refractivity contribution >= 4 is 0 Å². The first-order valence-electron chi connectivity index (χ1n) is 7.81. The Morgan fingerprint density at radius 3 is 1.83 bits per heavy atom. The van der Waals surface area contributed by atoms with E-state index in [1.165, 1.54) is 0 Å². The molecular weight excluding hydrogens is 300 g/mol. The molecule has 3 aromatic rings. The van der Waals surface area contributed by atoms with Crippen molar-refractivity contribution in [2.24, 2.45) is 0 Å². The summed E-state index contributed by atoms with van der Waals surface area (Å²) in [4.78, 5) is 0. The van der Waals surface area contributed by atoms with Crippen LogP contribution >= 0.6 is 0 Å². The Balaban J connectivity index is 2.14. The maximum Gasteiger partial charge on any atom is 0.145 e. The quantitative estimate of drug-likeness (QED) is 0.754. The number of rotatable bonds is 5. The van der Waals surface area contributed by atoms with Crippen LogP contribution in [0, 0.1) is 0 Å². The molecule has 0 radical (unpaired) electrons. The van der Waals surface area contributed by atoms with E-state index in [-0.39, 0.29) is 0 Å². The van der Waals surface area contributed by atoms with Gasteiger partial charge in [-0.3, -0.25) is 0 Å². The number of benzene rings is 3. The average molecular weight is 320 g/mol. The predicted octanol–water partition coefficient (Wildman–Crippen LogP) is 3.66. The number of ether oxygens (including phenoxy) is 1. The lowest BCUT2D eigenvalue weighted by Crippen LogP contribution is -2.35. The van der Waals surface area contributed by atoms with Crippen LogP contribution in [0.3, 0.4) is 0 Å². The molecule has 2 N–H and O–H groups in total. The molecule has 0 amide bonds. The first-order valence-corrected chi connectivity index (χ1v) is 7.81. The Kier molecular flexibility index (Phi) is 4.65. The van der Waals surface area contributed by atoms with Crippen LogP contribution in [0.15, 0.2) is 84.9 Å². The van der Waals surface area contributed by atoms with Gasteiger partial charge >= 0.3 is 0 Å². The second-order valence-corrected chi connectivity index (χ2v) is 5.68. The van der Waals surface area contributed by atoms with E-state index in [0.717, 1.165) is 0 Å². The summed E-state index contributed by atoms with van der Waals surface area (Å²) in [7, 11) is 1.58. The van der Waals surface area contributed by atoms with Gasteiger partial charge in [0.15, 0.2) is 0 Å². The van der Waals surface area contributed by atoms with Crippen LogP contribution in [-0.2, 0) is 5.60 Å². The minimum absolute atomic E-state index is 0.588. The van der Waals surface area contributed by atoms with E-state index >= 15 is 0 Å². The maximum absolute atomic E-state index is 11.5. The molecular formula is C21H20O3. The van der Waals surface area contributed by atoms with E-state index in [2.05, 4.69) is 0 Å². The first kappa shape index (κ1) is 16.2. The highest BCUT2D eigenvalue weighted by atomic mass is 16.5. The molecule has 3 rings (SSSR count). The standard InChI is InChI=1S/C21H20O3/c1-24-19-14-8-9-16(15-19)20(22)21(23,17-10-4-2-5-11-17)18-12-6-3-7-13-18/h2-15,20,22-23H,1H3/t20-/m0/s1. The second kappa shape index (κ2) is 6.87. The van der Waals surface area contributed by atoms with Crippen LogP contribution in [0.25, 0.3) is 0 Å². The van der Waals surface area contributed by atoms with Crippen molar-refractivity contribution in [1.29, 1.82) is 0 Å². The summed E-state index contributed by atoms with van der Waals surface area (Å²) in [6, 6.07) is 25.5. The molecule has 24 heavy (non-hydrogen) atoms. The van der Waals surface area contributed by atoms with E-state index < -0.39 is 11.7 Å². The summed E-state index contributed by atoms with van der Waals surface area (Å²) in [6.45, 7) is 0. The zero-order valence-electron chi connectivity index (χ0n) is 13.5. The summed E-state index contributed by atoms with van der Waals surface area (Å²) in [5, 5.41) is 22.6. The van der Waals surface area contributed by atoms with Crippen molar-refractivity contribution < 1.29 is 14.9 Å². The number of aliphatic hydroxyl groups is 2. The molecule has 0 heterocycles. The summed E-state index contributed by atoms with van der Waals surface area (Å²) < 4.78 is 5.24. The number of hydrogen-bond donors (Lipinski definition) is 2. The highest BCUT2D eigenvalue weighted by molar-refractivity contribution is 5.41. The smallest absolute Gasteiger partial charge is 0.145 e. The van der Waals surface area contributed by atoms with Crippen molar-refractivity contribution in [2.45, 2.75) is 11.7 Å².